The average Bonchev–Trinajstić information content (AvgIpc) is 2.73. The molecule has 0 aromatic heterocycles. The lowest BCUT2D eigenvalue weighted by atomic mass is 10.2. The molecule has 0 fully saturated rings. The smallest absolute Gasteiger partial charge is 0.264 e. The van der Waals surface area contributed by atoms with Crippen LogP contribution in [0.15, 0.2) is 87.3 Å². The number of benzene rings is 3. The number of carbonyl (C=O) groups excluding carboxylic acids is 1. The average molecular weight is 504 g/mol. The zero-order valence-electron chi connectivity index (χ0n) is 16.5. The Morgan fingerprint density at radius 3 is 2.48 bits per heavy atom. The van der Waals surface area contributed by atoms with Gasteiger partial charge in [0.2, 0.25) is 0 Å². The fourth-order valence-electron chi connectivity index (χ4n) is 2.72. The minimum absolute atomic E-state index is 0.0493. The topological polar surface area (TPSA) is 78.8 Å². The zero-order valence-corrected chi connectivity index (χ0v) is 18.9. The number of nitrogens with one attached hydrogen (secondary N) is 1. The van der Waals surface area contributed by atoms with Gasteiger partial charge in [-0.05, 0) is 48.9 Å². The van der Waals surface area contributed by atoms with Crippen molar-refractivity contribution in [3.8, 4) is 0 Å². The lowest BCUT2D eigenvalue weighted by molar-refractivity contribution is -0.119. The fraction of sp³-hybridized carbons (Fsp3) is 0.0909. The van der Waals surface area contributed by atoms with E-state index in [1.807, 2.05) is 13.0 Å². The fourth-order valence-corrected chi connectivity index (χ4v) is 4.57. The van der Waals surface area contributed by atoms with Crippen molar-refractivity contribution in [2.45, 2.75) is 11.8 Å². The number of aryl methyl sites for hydroxylation is 1. The van der Waals surface area contributed by atoms with Crippen LogP contribution >= 0.6 is 15.9 Å². The molecule has 3 rings (SSSR count). The molecule has 0 saturated heterocycles. The van der Waals surface area contributed by atoms with Gasteiger partial charge in [-0.15, -0.1) is 0 Å². The molecule has 0 unspecified atom stereocenters. The Bertz CT molecular complexity index is 1210. The van der Waals surface area contributed by atoms with Crippen molar-refractivity contribution in [3.05, 3.63) is 94.2 Å². The van der Waals surface area contributed by atoms with E-state index < -0.39 is 28.3 Å². The molecule has 0 aliphatic heterocycles. The Hall–Kier alpha value is -3.04. The normalized spacial score (nSPS) is 11.5. The van der Waals surface area contributed by atoms with Gasteiger partial charge in [0.25, 0.3) is 15.9 Å². The maximum Gasteiger partial charge on any atom is 0.264 e. The summed E-state index contributed by atoms with van der Waals surface area (Å²) in [5.74, 6) is -1.48. The van der Waals surface area contributed by atoms with Crippen LogP contribution in [-0.2, 0) is 14.8 Å². The van der Waals surface area contributed by atoms with Crippen molar-refractivity contribution < 1.29 is 17.6 Å². The van der Waals surface area contributed by atoms with Gasteiger partial charge in [0.05, 0.1) is 16.8 Å². The van der Waals surface area contributed by atoms with Crippen molar-refractivity contribution in [2.24, 2.45) is 5.10 Å². The highest BCUT2D eigenvalue weighted by molar-refractivity contribution is 9.10. The van der Waals surface area contributed by atoms with Crippen LogP contribution in [0.1, 0.15) is 11.1 Å². The maximum absolute atomic E-state index is 14.4. The minimum Gasteiger partial charge on any atom is -0.271 e. The molecule has 0 heterocycles. The highest BCUT2D eigenvalue weighted by atomic mass is 79.9. The molecule has 0 aliphatic rings. The summed E-state index contributed by atoms with van der Waals surface area (Å²) in [4.78, 5) is 12.4. The largest absolute Gasteiger partial charge is 0.271 e. The van der Waals surface area contributed by atoms with Crippen LogP contribution in [0.2, 0.25) is 0 Å². The first-order valence-electron chi connectivity index (χ1n) is 9.19. The molecule has 3 aromatic carbocycles. The molecular formula is C22H19BrFN3O3S. The SMILES string of the molecule is Cc1ccc(S(=O)(=O)N(CC(=O)NN=Cc2cccc(Br)c2)c2ccccc2F)cc1. The molecule has 3 aromatic rings. The molecule has 0 atom stereocenters. The Kier molecular flexibility index (Phi) is 7.19. The van der Waals surface area contributed by atoms with Crippen LogP contribution in [0, 0.1) is 12.7 Å². The number of hydrazone groups is 1. The van der Waals surface area contributed by atoms with Crippen LogP contribution in [0.4, 0.5) is 10.1 Å². The molecule has 0 aliphatic carbocycles. The highest BCUT2D eigenvalue weighted by Crippen LogP contribution is 2.26. The predicted molar refractivity (Wildman–Crippen MR) is 122 cm³/mol. The first kappa shape index (κ1) is 22.6. The lowest BCUT2D eigenvalue weighted by Gasteiger charge is -2.24. The number of carbonyl (C=O) groups is 1. The number of rotatable bonds is 7. The van der Waals surface area contributed by atoms with Gasteiger partial charge in [0.15, 0.2) is 0 Å². The van der Waals surface area contributed by atoms with E-state index in [2.05, 4.69) is 26.5 Å². The number of para-hydroxylation sites is 1. The number of hydrogen-bond donors (Lipinski definition) is 1. The molecule has 31 heavy (non-hydrogen) atoms. The number of halogens is 2. The number of hydrogen-bond acceptors (Lipinski definition) is 4. The summed E-state index contributed by atoms with van der Waals surface area (Å²) >= 11 is 3.34. The van der Waals surface area contributed by atoms with E-state index in [1.54, 1.807) is 30.3 Å². The zero-order chi connectivity index (χ0) is 22.4. The second kappa shape index (κ2) is 9.84. The molecular weight excluding hydrogens is 485 g/mol. The first-order valence-corrected chi connectivity index (χ1v) is 11.4. The van der Waals surface area contributed by atoms with Crippen molar-refractivity contribution in [3.63, 3.8) is 0 Å². The van der Waals surface area contributed by atoms with Gasteiger partial charge in [0.1, 0.15) is 12.4 Å². The van der Waals surface area contributed by atoms with E-state index in [9.17, 15) is 17.6 Å². The van der Waals surface area contributed by atoms with Crippen molar-refractivity contribution >= 4 is 43.8 Å². The second-order valence-corrected chi connectivity index (χ2v) is 9.40. The Morgan fingerprint density at radius 2 is 1.81 bits per heavy atom. The summed E-state index contributed by atoms with van der Waals surface area (Å²) < 4.78 is 42.4. The quantitative estimate of drug-likeness (QED) is 0.386. The van der Waals surface area contributed by atoms with Gasteiger partial charge in [-0.2, -0.15) is 5.10 Å². The van der Waals surface area contributed by atoms with E-state index >= 15 is 0 Å². The van der Waals surface area contributed by atoms with Gasteiger partial charge < -0.3 is 0 Å². The maximum atomic E-state index is 14.4. The van der Waals surface area contributed by atoms with Crippen LogP contribution in [0.5, 0.6) is 0 Å². The van der Waals surface area contributed by atoms with Gasteiger partial charge in [-0.1, -0.05) is 57.9 Å². The van der Waals surface area contributed by atoms with Crippen LogP contribution in [-0.4, -0.2) is 27.1 Å². The third kappa shape index (κ3) is 5.77. The molecule has 0 bridgehead atoms. The molecule has 9 heteroatoms. The van der Waals surface area contributed by atoms with E-state index in [0.29, 0.717) is 0 Å². The van der Waals surface area contributed by atoms with Gasteiger partial charge in [-0.25, -0.2) is 18.2 Å². The van der Waals surface area contributed by atoms with E-state index in [1.165, 1.54) is 36.5 Å². The van der Waals surface area contributed by atoms with Crippen molar-refractivity contribution in [1.29, 1.82) is 0 Å². The number of nitrogens with zero attached hydrogens (tertiary/aromatic N) is 2. The summed E-state index contributed by atoms with van der Waals surface area (Å²) in [5, 5.41) is 3.86. The Balaban J connectivity index is 1.86. The Morgan fingerprint density at radius 1 is 1.10 bits per heavy atom. The molecule has 6 nitrogen and oxygen atoms in total. The van der Waals surface area contributed by atoms with Gasteiger partial charge in [-0.3, -0.25) is 9.10 Å². The summed E-state index contributed by atoms with van der Waals surface area (Å²) in [5.41, 5.74) is 3.66. The van der Waals surface area contributed by atoms with Crippen LogP contribution in [0.3, 0.4) is 0 Å². The molecule has 1 N–H and O–H groups in total. The predicted octanol–water partition coefficient (Wildman–Crippen LogP) is 4.24. The van der Waals surface area contributed by atoms with Crippen molar-refractivity contribution in [2.75, 3.05) is 10.8 Å². The standard InChI is InChI=1S/C22H19BrFN3O3S/c1-16-9-11-19(12-10-16)31(29,30)27(21-8-3-2-7-20(21)24)15-22(28)26-25-14-17-5-4-6-18(23)13-17/h2-14H,15H2,1H3,(H,26,28). The summed E-state index contributed by atoms with van der Waals surface area (Å²) in [6.07, 6.45) is 1.42. The van der Waals surface area contributed by atoms with E-state index in [0.717, 1.165) is 26.0 Å². The first-order chi connectivity index (χ1) is 14.8. The number of sulfonamides is 1. The third-order valence-corrected chi connectivity index (χ3v) is 6.54. The lowest BCUT2D eigenvalue weighted by Crippen LogP contribution is -2.40. The summed E-state index contributed by atoms with van der Waals surface area (Å²) in [6.45, 7) is 1.18. The van der Waals surface area contributed by atoms with Gasteiger partial charge >= 0.3 is 0 Å². The molecule has 0 radical (unpaired) electrons. The summed E-state index contributed by atoms with van der Waals surface area (Å²) in [7, 11) is -4.20. The highest BCUT2D eigenvalue weighted by Gasteiger charge is 2.29. The van der Waals surface area contributed by atoms with E-state index in [4.69, 9.17) is 0 Å². The number of amides is 1. The summed E-state index contributed by atoms with van der Waals surface area (Å²) in [6, 6.07) is 18.7. The Labute approximate surface area is 188 Å². The van der Waals surface area contributed by atoms with Crippen molar-refractivity contribution in [1.82, 2.24) is 5.43 Å². The monoisotopic (exact) mass is 503 g/mol. The molecule has 0 spiro atoms. The number of anilines is 1. The second-order valence-electron chi connectivity index (χ2n) is 6.62. The minimum atomic E-state index is -4.20. The van der Waals surface area contributed by atoms with Gasteiger partial charge in [0, 0.05) is 4.47 Å². The van der Waals surface area contributed by atoms with E-state index in [-0.39, 0.29) is 10.6 Å². The third-order valence-electron chi connectivity index (χ3n) is 4.27. The molecule has 160 valence electrons. The van der Waals surface area contributed by atoms with Crippen LogP contribution in [0.25, 0.3) is 0 Å². The molecule has 0 saturated carbocycles. The van der Waals surface area contributed by atoms with Crippen LogP contribution < -0.4 is 9.73 Å². The molecule has 1 amide bonds.